The molecule has 106 valence electrons. The molecular formula is C16H24BrNO. The summed E-state index contributed by atoms with van der Waals surface area (Å²) in [6, 6.07) is 4.41. The van der Waals surface area contributed by atoms with Crippen LogP contribution in [0.5, 0.6) is 5.75 Å². The molecular weight excluding hydrogens is 302 g/mol. The summed E-state index contributed by atoms with van der Waals surface area (Å²) in [5, 5.41) is 3.45. The van der Waals surface area contributed by atoms with E-state index in [9.17, 15) is 0 Å². The van der Waals surface area contributed by atoms with E-state index < -0.39 is 0 Å². The number of nitrogens with one attached hydrogen (secondary N) is 1. The molecule has 1 aromatic rings. The first-order valence-electron chi connectivity index (χ1n) is 7.16. The minimum absolute atomic E-state index is 0.323. The van der Waals surface area contributed by atoms with Gasteiger partial charge in [-0.3, -0.25) is 0 Å². The summed E-state index contributed by atoms with van der Waals surface area (Å²) in [6.45, 7) is 9.76. The minimum Gasteiger partial charge on any atom is -0.493 e. The van der Waals surface area contributed by atoms with Crippen LogP contribution >= 0.6 is 15.9 Å². The van der Waals surface area contributed by atoms with Crippen molar-refractivity contribution in [2.45, 2.75) is 40.0 Å². The largest absolute Gasteiger partial charge is 0.493 e. The second kappa shape index (κ2) is 6.27. The maximum absolute atomic E-state index is 5.79. The molecule has 0 fully saturated rings. The molecule has 2 rings (SSSR count). The van der Waals surface area contributed by atoms with Crippen LogP contribution in [0.1, 0.15) is 38.3 Å². The van der Waals surface area contributed by atoms with Crippen molar-refractivity contribution < 1.29 is 4.74 Å². The molecule has 1 N–H and O–H groups in total. The summed E-state index contributed by atoms with van der Waals surface area (Å²) in [7, 11) is 0. The number of ether oxygens (including phenoxy) is 1. The van der Waals surface area contributed by atoms with E-state index in [1.54, 1.807) is 0 Å². The number of halogens is 1. The van der Waals surface area contributed by atoms with Gasteiger partial charge in [0, 0.05) is 17.4 Å². The third-order valence-corrected chi connectivity index (χ3v) is 4.21. The van der Waals surface area contributed by atoms with E-state index in [2.05, 4.69) is 54.2 Å². The molecule has 2 nitrogen and oxygen atoms in total. The van der Waals surface area contributed by atoms with Crippen LogP contribution in [-0.4, -0.2) is 19.7 Å². The molecule has 3 heteroatoms. The Bertz CT molecular complexity index is 443. The van der Waals surface area contributed by atoms with Crippen molar-refractivity contribution in [1.29, 1.82) is 0 Å². The average molecular weight is 326 g/mol. The van der Waals surface area contributed by atoms with Gasteiger partial charge < -0.3 is 10.1 Å². The van der Waals surface area contributed by atoms with E-state index in [0.717, 1.165) is 38.3 Å². The SMILES string of the molecule is CCNCC(C)(C)CCc1cc(Br)cc2c1OCC2. The van der Waals surface area contributed by atoms with Crippen LogP contribution in [0.15, 0.2) is 16.6 Å². The maximum atomic E-state index is 5.79. The van der Waals surface area contributed by atoms with E-state index in [1.165, 1.54) is 22.0 Å². The molecule has 0 amide bonds. The van der Waals surface area contributed by atoms with Crippen LogP contribution in [0.25, 0.3) is 0 Å². The lowest BCUT2D eigenvalue weighted by atomic mass is 9.85. The fourth-order valence-corrected chi connectivity index (χ4v) is 3.11. The quantitative estimate of drug-likeness (QED) is 0.855. The van der Waals surface area contributed by atoms with Gasteiger partial charge >= 0.3 is 0 Å². The van der Waals surface area contributed by atoms with Gasteiger partial charge in [-0.15, -0.1) is 0 Å². The van der Waals surface area contributed by atoms with Crippen molar-refractivity contribution in [3.63, 3.8) is 0 Å². The fraction of sp³-hybridized carbons (Fsp3) is 0.625. The molecule has 0 saturated heterocycles. The summed E-state index contributed by atoms with van der Waals surface area (Å²) < 4.78 is 6.97. The third kappa shape index (κ3) is 3.96. The molecule has 19 heavy (non-hydrogen) atoms. The Balaban J connectivity index is 2.04. The number of benzene rings is 1. The van der Waals surface area contributed by atoms with Gasteiger partial charge in [-0.2, -0.15) is 0 Å². The molecule has 0 unspecified atom stereocenters. The van der Waals surface area contributed by atoms with Gasteiger partial charge in [0.15, 0.2) is 0 Å². The molecule has 1 aliphatic rings. The van der Waals surface area contributed by atoms with Crippen molar-refractivity contribution in [3.8, 4) is 5.75 Å². The van der Waals surface area contributed by atoms with Crippen LogP contribution in [0.2, 0.25) is 0 Å². The smallest absolute Gasteiger partial charge is 0.125 e. The summed E-state index contributed by atoms with van der Waals surface area (Å²) in [5.74, 6) is 1.14. The molecule has 0 bridgehead atoms. The molecule has 0 spiro atoms. The first kappa shape index (κ1) is 14.9. The predicted molar refractivity (Wildman–Crippen MR) is 84.0 cm³/mol. The van der Waals surface area contributed by atoms with E-state index in [4.69, 9.17) is 4.74 Å². The Morgan fingerprint density at radius 1 is 1.37 bits per heavy atom. The second-order valence-corrected chi connectivity index (χ2v) is 7.01. The van der Waals surface area contributed by atoms with Gasteiger partial charge in [0.1, 0.15) is 5.75 Å². The lowest BCUT2D eigenvalue weighted by Gasteiger charge is -2.25. The highest BCUT2D eigenvalue weighted by atomic mass is 79.9. The highest BCUT2D eigenvalue weighted by molar-refractivity contribution is 9.10. The Morgan fingerprint density at radius 3 is 2.89 bits per heavy atom. The second-order valence-electron chi connectivity index (χ2n) is 6.10. The highest BCUT2D eigenvalue weighted by Crippen LogP contribution is 2.35. The first-order valence-corrected chi connectivity index (χ1v) is 7.96. The number of aryl methyl sites for hydroxylation is 1. The predicted octanol–water partition coefficient (Wildman–Crippen LogP) is 3.95. The fourth-order valence-electron chi connectivity index (χ4n) is 2.56. The Morgan fingerprint density at radius 2 is 2.16 bits per heavy atom. The Hall–Kier alpha value is -0.540. The summed E-state index contributed by atoms with van der Waals surface area (Å²) in [4.78, 5) is 0. The maximum Gasteiger partial charge on any atom is 0.125 e. The van der Waals surface area contributed by atoms with E-state index in [0.29, 0.717) is 5.41 Å². The molecule has 0 aliphatic carbocycles. The van der Waals surface area contributed by atoms with Crippen LogP contribution in [0.3, 0.4) is 0 Å². The van der Waals surface area contributed by atoms with Gasteiger partial charge in [0.05, 0.1) is 6.61 Å². The van der Waals surface area contributed by atoms with Crippen LogP contribution in [0.4, 0.5) is 0 Å². The highest BCUT2D eigenvalue weighted by Gasteiger charge is 2.21. The van der Waals surface area contributed by atoms with Crippen LogP contribution in [-0.2, 0) is 12.8 Å². The normalized spacial score (nSPS) is 14.3. The number of fused-ring (bicyclic) bond motifs is 1. The standard InChI is InChI=1S/C16H24BrNO/c1-4-18-11-16(2,3)7-5-12-9-14(17)10-13-6-8-19-15(12)13/h9-10,18H,4-8,11H2,1-3H3. The number of hydrogen-bond donors (Lipinski definition) is 1. The topological polar surface area (TPSA) is 21.3 Å². The number of rotatable bonds is 6. The Labute approximate surface area is 125 Å². The lowest BCUT2D eigenvalue weighted by molar-refractivity contribution is 0.312. The first-order chi connectivity index (χ1) is 9.02. The summed E-state index contributed by atoms with van der Waals surface area (Å²) >= 11 is 3.61. The zero-order chi connectivity index (χ0) is 13.9. The molecule has 0 saturated carbocycles. The van der Waals surface area contributed by atoms with Gasteiger partial charge in [0.25, 0.3) is 0 Å². The van der Waals surface area contributed by atoms with Crippen LogP contribution < -0.4 is 10.1 Å². The van der Waals surface area contributed by atoms with Gasteiger partial charge in [-0.05, 0) is 48.1 Å². The van der Waals surface area contributed by atoms with E-state index in [-0.39, 0.29) is 0 Å². The van der Waals surface area contributed by atoms with Gasteiger partial charge in [-0.1, -0.05) is 36.7 Å². The average Bonchev–Trinajstić information content (AvgIpc) is 2.81. The molecule has 1 aliphatic heterocycles. The molecule has 0 radical (unpaired) electrons. The van der Waals surface area contributed by atoms with Crippen molar-refractivity contribution in [2.75, 3.05) is 19.7 Å². The third-order valence-electron chi connectivity index (χ3n) is 3.75. The van der Waals surface area contributed by atoms with Crippen molar-refractivity contribution >= 4 is 15.9 Å². The Kier molecular flexibility index (Phi) is 4.91. The van der Waals surface area contributed by atoms with Gasteiger partial charge in [-0.25, -0.2) is 0 Å². The molecule has 1 aromatic carbocycles. The van der Waals surface area contributed by atoms with Gasteiger partial charge in [0.2, 0.25) is 0 Å². The van der Waals surface area contributed by atoms with Crippen molar-refractivity contribution in [1.82, 2.24) is 5.32 Å². The zero-order valence-corrected chi connectivity index (χ0v) is 13.8. The van der Waals surface area contributed by atoms with Crippen molar-refractivity contribution in [3.05, 3.63) is 27.7 Å². The molecule has 1 heterocycles. The summed E-state index contributed by atoms with van der Waals surface area (Å²) in [6.07, 6.45) is 3.30. The van der Waals surface area contributed by atoms with E-state index in [1.807, 2.05) is 0 Å². The zero-order valence-electron chi connectivity index (χ0n) is 12.2. The number of hydrogen-bond acceptors (Lipinski definition) is 2. The van der Waals surface area contributed by atoms with Crippen molar-refractivity contribution in [2.24, 2.45) is 5.41 Å². The van der Waals surface area contributed by atoms with Crippen LogP contribution in [0, 0.1) is 5.41 Å². The monoisotopic (exact) mass is 325 g/mol. The molecule has 0 aromatic heterocycles. The lowest BCUT2D eigenvalue weighted by Crippen LogP contribution is -2.29. The summed E-state index contributed by atoms with van der Waals surface area (Å²) in [5.41, 5.74) is 3.03. The molecule has 0 atom stereocenters. The van der Waals surface area contributed by atoms with E-state index >= 15 is 0 Å². The minimum atomic E-state index is 0.323.